The molecule has 1 rings (SSSR count). The SMILES string of the molecule is CC1=CS[C@](C)(OC(=O)O)[C@@H]1N. The quantitative estimate of drug-likeness (QED) is 0.609. The van der Waals surface area contributed by atoms with Crippen LogP contribution in [-0.2, 0) is 4.74 Å². The Kier molecular flexibility index (Phi) is 2.34. The fourth-order valence-corrected chi connectivity index (χ4v) is 2.05. The Bertz CT molecular complexity index is 241. The van der Waals surface area contributed by atoms with Gasteiger partial charge in [0.2, 0.25) is 0 Å². The van der Waals surface area contributed by atoms with Crippen molar-refractivity contribution in [3.8, 4) is 0 Å². The summed E-state index contributed by atoms with van der Waals surface area (Å²) in [6.07, 6.45) is -1.29. The molecule has 68 valence electrons. The molecular formula is C7H11NO3S. The average Bonchev–Trinajstić information content (AvgIpc) is 2.16. The number of rotatable bonds is 1. The van der Waals surface area contributed by atoms with Gasteiger partial charge in [-0.1, -0.05) is 11.8 Å². The Labute approximate surface area is 74.8 Å². The zero-order valence-corrected chi connectivity index (χ0v) is 7.72. The standard InChI is InChI=1S/C7H11NO3S/c1-4-3-12-7(2,5(4)8)11-6(9)10/h3,5H,8H2,1-2H3,(H,9,10)/t5-,7+/m1/s1. The maximum Gasteiger partial charge on any atom is 0.507 e. The van der Waals surface area contributed by atoms with E-state index in [1.807, 2.05) is 12.3 Å². The third-order valence-corrected chi connectivity index (χ3v) is 3.12. The molecule has 0 aromatic carbocycles. The van der Waals surface area contributed by atoms with Crippen LogP contribution in [0.5, 0.6) is 0 Å². The van der Waals surface area contributed by atoms with Gasteiger partial charge in [-0.3, -0.25) is 0 Å². The molecule has 5 heteroatoms. The van der Waals surface area contributed by atoms with Crippen LogP contribution in [0.15, 0.2) is 11.0 Å². The van der Waals surface area contributed by atoms with Gasteiger partial charge in [0.15, 0.2) is 4.93 Å². The van der Waals surface area contributed by atoms with Crippen LogP contribution in [0.1, 0.15) is 13.8 Å². The Balaban J connectivity index is 2.70. The van der Waals surface area contributed by atoms with Gasteiger partial charge in [-0.25, -0.2) is 4.79 Å². The predicted molar refractivity (Wildman–Crippen MR) is 46.8 cm³/mol. The van der Waals surface area contributed by atoms with Crippen molar-refractivity contribution in [1.29, 1.82) is 0 Å². The molecule has 0 saturated heterocycles. The highest BCUT2D eigenvalue weighted by atomic mass is 32.2. The maximum absolute atomic E-state index is 10.3. The summed E-state index contributed by atoms with van der Waals surface area (Å²) < 4.78 is 4.68. The van der Waals surface area contributed by atoms with Gasteiger partial charge in [-0.15, -0.1) is 0 Å². The van der Waals surface area contributed by atoms with Crippen molar-refractivity contribution >= 4 is 17.9 Å². The van der Waals surface area contributed by atoms with Crippen molar-refractivity contribution in [2.24, 2.45) is 5.73 Å². The van der Waals surface area contributed by atoms with Crippen LogP contribution in [0.3, 0.4) is 0 Å². The Morgan fingerprint density at radius 2 is 2.50 bits per heavy atom. The lowest BCUT2D eigenvalue weighted by molar-refractivity contribution is 0.0378. The van der Waals surface area contributed by atoms with Crippen LogP contribution >= 0.6 is 11.8 Å². The highest BCUT2D eigenvalue weighted by molar-refractivity contribution is 8.03. The van der Waals surface area contributed by atoms with E-state index in [2.05, 4.69) is 4.74 Å². The molecule has 12 heavy (non-hydrogen) atoms. The van der Waals surface area contributed by atoms with Crippen molar-refractivity contribution in [2.75, 3.05) is 0 Å². The highest BCUT2D eigenvalue weighted by Gasteiger charge is 2.41. The molecule has 0 aliphatic carbocycles. The molecule has 0 amide bonds. The second-order valence-corrected chi connectivity index (χ2v) is 4.12. The zero-order chi connectivity index (χ0) is 9.35. The van der Waals surface area contributed by atoms with Crippen molar-refractivity contribution in [1.82, 2.24) is 0 Å². The lowest BCUT2D eigenvalue weighted by Crippen LogP contribution is -2.43. The molecule has 3 N–H and O–H groups in total. The first-order chi connectivity index (χ1) is 5.46. The maximum atomic E-state index is 10.3. The summed E-state index contributed by atoms with van der Waals surface area (Å²) in [5.41, 5.74) is 6.68. The number of carboxylic acid groups (broad SMARTS) is 1. The van der Waals surface area contributed by atoms with E-state index < -0.39 is 11.1 Å². The van der Waals surface area contributed by atoms with Crippen LogP contribution in [0.25, 0.3) is 0 Å². The van der Waals surface area contributed by atoms with E-state index in [0.717, 1.165) is 5.57 Å². The molecule has 0 aromatic heterocycles. The smallest absolute Gasteiger partial charge is 0.450 e. The molecule has 0 unspecified atom stereocenters. The molecule has 0 aromatic rings. The van der Waals surface area contributed by atoms with Crippen molar-refractivity contribution < 1.29 is 14.6 Å². The fourth-order valence-electron chi connectivity index (χ4n) is 1.03. The van der Waals surface area contributed by atoms with Crippen LogP contribution < -0.4 is 5.73 Å². The summed E-state index contributed by atoms with van der Waals surface area (Å²) in [7, 11) is 0. The lowest BCUT2D eigenvalue weighted by atomic mass is 10.1. The molecular weight excluding hydrogens is 178 g/mol. The molecule has 0 saturated carbocycles. The molecule has 2 atom stereocenters. The third kappa shape index (κ3) is 1.56. The van der Waals surface area contributed by atoms with Crippen LogP contribution in [-0.4, -0.2) is 22.2 Å². The topological polar surface area (TPSA) is 72.5 Å². The van der Waals surface area contributed by atoms with E-state index in [0.29, 0.717) is 0 Å². The van der Waals surface area contributed by atoms with E-state index >= 15 is 0 Å². The molecule has 0 radical (unpaired) electrons. The number of ether oxygens (including phenoxy) is 1. The van der Waals surface area contributed by atoms with Gasteiger partial charge in [0.05, 0.1) is 6.04 Å². The Morgan fingerprint density at radius 3 is 2.83 bits per heavy atom. The minimum atomic E-state index is -1.29. The molecule has 0 fully saturated rings. The largest absolute Gasteiger partial charge is 0.507 e. The number of thioether (sulfide) groups is 1. The normalized spacial score (nSPS) is 34.6. The average molecular weight is 189 g/mol. The van der Waals surface area contributed by atoms with E-state index in [1.54, 1.807) is 6.92 Å². The summed E-state index contributed by atoms with van der Waals surface area (Å²) in [5.74, 6) is 0. The van der Waals surface area contributed by atoms with Crippen molar-refractivity contribution in [2.45, 2.75) is 24.8 Å². The van der Waals surface area contributed by atoms with Gasteiger partial charge < -0.3 is 15.6 Å². The zero-order valence-electron chi connectivity index (χ0n) is 6.90. The summed E-state index contributed by atoms with van der Waals surface area (Å²) in [6, 6.07) is -0.349. The second-order valence-electron chi connectivity index (χ2n) is 2.84. The number of carbonyl (C=O) groups is 1. The first kappa shape index (κ1) is 9.41. The third-order valence-electron chi connectivity index (χ3n) is 1.82. The summed E-state index contributed by atoms with van der Waals surface area (Å²) in [5, 5.41) is 10.3. The van der Waals surface area contributed by atoms with Gasteiger partial charge >= 0.3 is 6.16 Å². The summed E-state index contributed by atoms with van der Waals surface area (Å²) in [4.78, 5) is 9.45. The summed E-state index contributed by atoms with van der Waals surface area (Å²) in [6.45, 7) is 3.53. The van der Waals surface area contributed by atoms with Crippen molar-refractivity contribution in [3.63, 3.8) is 0 Å². The first-order valence-corrected chi connectivity index (χ1v) is 4.35. The van der Waals surface area contributed by atoms with Crippen LogP contribution in [0.4, 0.5) is 4.79 Å². The van der Waals surface area contributed by atoms with E-state index in [1.165, 1.54) is 11.8 Å². The van der Waals surface area contributed by atoms with Gasteiger partial charge in [0.25, 0.3) is 0 Å². The molecule has 0 bridgehead atoms. The second kappa shape index (κ2) is 2.99. The van der Waals surface area contributed by atoms with Gasteiger partial charge in [0.1, 0.15) is 0 Å². The monoisotopic (exact) mass is 189 g/mol. The fraction of sp³-hybridized carbons (Fsp3) is 0.571. The van der Waals surface area contributed by atoms with Crippen LogP contribution in [0, 0.1) is 0 Å². The minimum Gasteiger partial charge on any atom is -0.450 e. The Morgan fingerprint density at radius 1 is 1.92 bits per heavy atom. The number of nitrogens with two attached hydrogens (primary N) is 1. The van der Waals surface area contributed by atoms with Gasteiger partial charge in [-0.2, -0.15) is 0 Å². The van der Waals surface area contributed by atoms with E-state index in [9.17, 15) is 4.79 Å². The van der Waals surface area contributed by atoms with Crippen molar-refractivity contribution in [3.05, 3.63) is 11.0 Å². The van der Waals surface area contributed by atoms with Gasteiger partial charge in [0, 0.05) is 0 Å². The number of hydrogen-bond donors (Lipinski definition) is 2. The lowest BCUT2D eigenvalue weighted by Gasteiger charge is -2.27. The minimum absolute atomic E-state index is 0.349. The molecule has 0 spiro atoms. The van der Waals surface area contributed by atoms with Crippen LogP contribution in [0.2, 0.25) is 0 Å². The molecule has 1 heterocycles. The number of hydrogen-bond acceptors (Lipinski definition) is 4. The summed E-state index contributed by atoms with van der Waals surface area (Å²) >= 11 is 1.30. The van der Waals surface area contributed by atoms with E-state index in [-0.39, 0.29) is 6.04 Å². The Hall–Kier alpha value is -0.680. The molecule has 4 nitrogen and oxygen atoms in total. The molecule has 1 aliphatic rings. The highest BCUT2D eigenvalue weighted by Crippen LogP contribution is 2.40. The van der Waals surface area contributed by atoms with E-state index in [4.69, 9.17) is 10.8 Å². The van der Waals surface area contributed by atoms with Gasteiger partial charge in [-0.05, 0) is 24.8 Å². The predicted octanol–water partition coefficient (Wildman–Crippen LogP) is 1.38. The molecule has 1 aliphatic heterocycles. The first-order valence-electron chi connectivity index (χ1n) is 3.48.